The maximum Gasteiger partial charge on any atom is 0.0365 e. The highest BCUT2D eigenvalue weighted by Gasteiger charge is 1.89. The first-order chi connectivity index (χ1) is 3.85. The lowest BCUT2D eigenvalue weighted by molar-refractivity contribution is 1.52. The molecule has 1 nitrogen and oxygen atoms in total. The second kappa shape index (κ2) is 6.32. The summed E-state index contributed by atoms with van der Waals surface area (Å²) in [6.07, 6.45) is 4.16. The predicted molar refractivity (Wildman–Crippen MR) is 50.3 cm³/mol. The van der Waals surface area contributed by atoms with Gasteiger partial charge >= 0.3 is 0 Å². The Bertz CT molecular complexity index is 81.4. The molecule has 0 aliphatic heterocycles. The Morgan fingerprint density at radius 3 is 2.12 bits per heavy atom. The van der Waals surface area contributed by atoms with E-state index in [1.807, 2.05) is 16.9 Å². The molecule has 0 aromatic rings. The van der Waals surface area contributed by atoms with Gasteiger partial charge in [0.25, 0.3) is 0 Å². The highest BCUT2D eigenvalue weighted by Crippen LogP contribution is 2.29. The van der Waals surface area contributed by atoms with Crippen LogP contribution in [0.1, 0.15) is 0 Å². The Kier molecular flexibility index (Phi) is 7.27. The molecule has 0 spiro atoms. The fourth-order valence-electron chi connectivity index (χ4n) is 0.191. The first-order valence-electron chi connectivity index (χ1n) is 1.95. The predicted octanol–water partition coefficient (Wildman–Crippen LogP) is 2.62. The summed E-state index contributed by atoms with van der Waals surface area (Å²) in [6, 6.07) is 0. The van der Waals surface area contributed by atoms with Gasteiger partial charge < -0.3 is 0 Å². The lowest BCUT2D eigenvalue weighted by Crippen LogP contribution is -1.65. The van der Waals surface area contributed by atoms with E-state index in [4.69, 9.17) is 0 Å². The van der Waals surface area contributed by atoms with E-state index in [0.717, 1.165) is 0 Å². The molecule has 0 amide bonds. The van der Waals surface area contributed by atoms with Crippen LogP contribution in [0.25, 0.3) is 0 Å². The van der Waals surface area contributed by atoms with Gasteiger partial charge in [0, 0.05) is 15.8 Å². The van der Waals surface area contributed by atoms with Crippen LogP contribution in [0, 0.1) is 0 Å². The molecule has 0 radical (unpaired) electrons. The van der Waals surface area contributed by atoms with E-state index in [-0.39, 0.29) is 8.76 Å². The minimum atomic E-state index is 0.183. The van der Waals surface area contributed by atoms with E-state index in [1.165, 1.54) is 0 Å². The van der Waals surface area contributed by atoms with E-state index < -0.39 is 0 Å². The van der Waals surface area contributed by atoms with E-state index >= 15 is 0 Å². The third-order valence-corrected chi connectivity index (χ3v) is 8.76. The molecule has 0 bridgehead atoms. The van der Waals surface area contributed by atoms with Gasteiger partial charge in [-0.15, -0.1) is 0 Å². The summed E-state index contributed by atoms with van der Waals surface area (Å²) in [4.78, 5) is 0. The van der Waals surface area contributed by atoms with Crippen LogP contribution in [0.2, 0.25) is 0 Å². The average molecular weight is 187 g/mol. The van der Waals surface area contributed by atoms with Crippen LogP contribution >= 0.6 is 31.4 Å². The lowest BCUT2D eigenvalue weighted by atomic mass is 11.6. The molecule has 0 aliphatic rings. The molecule has 0 rings (SSSR count). The molecule has 0 heterocycles. The van der Waals surface area contributed by atoms with Crippen molar-refractivity contribution in [1.29, 1.82) is 0 Å². The minimum Gasteiger partial charge on any atom is -0.247 e. The zero-order valence-electron chi connectivity index (χ0n) is 5.08. The Morgan fingerprint density at radius 2 is 2.00 bits per heavy atom. The van der Waals surface area contributed by atoms with Gasteiger partial charge in [0.2, 0.25) is 0 Å². The largest absolute Gasteiger partial charge is 0.247 e. The maximum atomic E-state index is 4.13. The van der Waals surface area contributed by atoms with Crippen LogP contribution < -0.4 is 0 Å². The molecule has 0 saturated heterocycles. The van der Waals surface area contributed by atoms with E-state index in [1.54, 1.807) is 21.6 Å². The Morgan fingerprint density at radius 1 is 1.38 bits per heavy atom. The van der Waals surface area contributed by atoms with Crippen molar-refractivity contribution in [3.8, 4) is 0 Å². The van der Waals surface area contributed by atoms with Gasteiger partial charge in [-0.1, -0.05) is 21.6 Å². The molecule has 0 N–H and O–H groups in total. The molecule has 8 heavy (non-hydrogen) atoms. The maximum absolute atomic E-state index is 4.13. The molecule has 0 saturated carbocycles. The first-order valence-corrected chi connectivity index (χ1v) is 7.94. The first kappa shape index (κ1) is 9.20. The lowest BCUT2D eigenvalue weighted by Gasteiger charge is -1.95. The third-order valence-electron chi connectivity index (χ3n) is 0.418. The molecular formula is C3H9NS4. The van der Waals surface area contributed by atoms with Crippen LogP contribution in [-0.4, -0.2) is 19.6 Å². The van der Waals surface area contributed by atoms with Crippen molar-refractivity contribution >= 4 is 40.2 Å². The summed E-state index contributed by atoms with van der Waals surface area (Å²) in [5.74, 6) is 0. The molecule has 5 heteroatoms. The summed E-state index contributed by atoms with van der Waals surface area (Å²) >= 11 is 0. The molecule has 0 fully saturated rings. The third kappa shape index (κ3) is 4.12. The molecule has 1 atom stereocenters. The molecule has 0 aromatic carbocycles. The minimum absolute atomic E-state index is 0.183. The van der Waals surface area contributed by atoms with E-state index in [9.17, 15) is 0 Å². The van der Waals surface area contributed by atoms with Crippen LogP contribution in [0.4, 0.5) is 0 Å². The summed E-state index contributed by atoms with van der Waals surface area (Å²) in [7, 11) is 7.43. The Hall–Kier alpha value is 1.20. The van der Waals surface area contributed by atoms with Crippen molar-refractivity contribution in [3.05, 3.63) is 0 Å². The molecule has 0 aliphatic carbocycles. The highest BCUT2D eigenvalue weighted by atomic mass is 33.7. The molecule has 1 unspecified atom stereocenters. The number of nitrogens with zero attached hydrogens (tertiary/aromatic N) is 1. The van der Waals surface area contributed by atoms with Crippen LogP contribution in [0.5, 0.6) is 0 Å². The second-order valence-corrected chi connectivity index (χ2v) is 8.56. The zero-order chi connectivity index (χ0) is 6.41. The van der Waals surface area contributed by atoms with Gasteiger partial charge in [-0.05, 0) is 22.3 Å². The number of rotatable bonds is 3. The molecular weight excluding hydrogens is 178 g/mol. The smallest absolute Gasteiger partial charge is 0.0365 e. The summed E-state index contributed by atoms with van der Waals surface area (Å²) < 4.78 is 4.13. The van der Waals surface area contributed by atoms with Crippen molar-refractivity contribution in [1.82, 2.24) is 0 Å². The normalized spacial score (nSPS) is 14.4. The van der Waals surface area contributed by atoms with Gasteiger partial charge in [0.05, 0.1) is 0 Å². The van der Waals surface area contributed by atoms with Crippen LogP contribution in [0.15, 0.2) is 4.36 Å². The van der Waals surface area contributed by atoms with Gasteiger partial charge in [-0.25, -0.2) is 4.36 Å². The fourth-order valence-corrected chi connectivity index (χ4v) is 6.81. The summed E-state index contributed by atoms with van der Waals surface area (Å²) in [5.41, 5.74) is 0. The van der Waals surface area contributed by atoms with Crippen molar-refractivity contribution in [3.63, 3.8) is 0 Å². The fraction of sp³-hybridized carbons (Fsp3) is 1.00. The van der Waals surface area contributed by atoms with Gasteiger partial charge in [0.1, 0.15) is 0 Å². The van der Waals surface area contributed by atoms with E-state index in [2.05, 4.69) is 16.9 Å². The van der Waals surface area contributed by atoms with Crippen molar-refractivity contribution in [2.45, 2.75) is 0 Å². The number of hydrogen-bond acceptors (Lipinski definition) is 4. The average Bonchev–Trinajstić information content (AvgIpc) is 1.83. The SMILES string of the molecule is CN=S(SC)SSC. The van der Waals surface area contributed by atoms with Crippen molar-refractivity contribution in [2.75, 3.05) is 19.6 Å². The molecule has 50 valence electrons. The van der Waals surface area contributed by atoms with Crippen molar-refractivity contribution < 1.29 is 0 Å². The van der Waals surface area contributed by atoms with Crippen molar-refractivity contribution in [2.24, 2.45) is 4.36 Å². The van der Waals surface area contributed by atoms with Gasteiger partial charge in [-0.2, -0.15) is 0 Å². The van der Waals surface area contributed by atoms with E-state index in [0.29, 0.717) is 0 Å². The topological polar surface area (TPSA) is 12.4 Å². The second-order valence-electron chi connectivity index (χ2n) is 0.801. The van der Waals surface area contributed by atoms with Gasteiger partial charge in [0.15, 0.2) is 0 Å². The highest BCUT2D eigenvalue weighted by molar-refractivity contribution is 9.21. The Balaban J connectivity index is 3.38. The zero-order valence-corrected chi connectivity index (χ0v) is 8.35. The van der Waals surface area contributed by atoms with Gasteiger partial charge in [-0.3, -0.25) is 0 Å². The molecule has 0 aromatic heterocycles. The van der Waals surface area contributed by atoms with Crippen LogP contribution in [-0.2, 0) is 8.76 Å². The van der Waals surface area contributed by atoms with Crippen LogP contribution in [0.3, 0.4) is 0 Å². The Labute approximate surface area is 64.1 Å². The standard InChI is InChI=1S/C3H9NS4/c1-4-8(6-3)7-5-2/h1-3H3. The number of hydrogen-bond donors (Lipinski definition) is 0. The summed E-state index contributed by atoms with van der Waals surface area (Å²) in [5, 5.41) is 0. The summed E-state index contributed by atoms with van der Waals surface area (Å²) in [6.45, 7) is 0. The monoisotopic (exact) mass is 187 g/mol. The quantitative estimate of drug-likeness (QED) is 0.630.